The molecule has 0 spiro atoms. The number of pyridine rings is 1. The van der Waals surface area contributed by atoms with Gasteiger partial charge < -0.3 is 9.64 Å². The molecule has 3 heterocycles. The Kier molecular flexibility index (Phi) is 5.26. The fourth-order valence-corrected chi connectivity index (χ4v) is 4.31. The van der Waals surface area contributed by atoms with E-state index in [0.717, 1.165) is 68.9 Å². The zero-order valence-electron chi connectivity index (χ0n) is 14.8. The van der Waals surface area contributed by atoms with Crippen LogP contribution in [0.2, 0.25) is 5.02 Å². The van der Waals surface area contributed by atoms with Crippen LogP contribution in [0.15, 0.2) is 24.4 Å². The number of anilines is 1. The van der Waals surface area contributed by atoms with Crippen molar-refractivity contribution in [1.82, 2.24) is 9.88 Å². The lowest BCUT2D eigenvalue weighted by molar-refractivity contribution is 0.0296. The molecular weight excluding hydrogens is 348 g/mol. The third-order valence-corrected chi connectivity index (χ3v) is 5.61. The van der Waals surface area contributed by atoms with Gasteiger partial charge in [0, 0.05) is 49.3 Å². The molecule has 0 radical (unpaired) electrons. The van der Waals surface area contributed by atoms with Gasteiger partial charge in [-0.25, -0.2) is 0 Å². The maximum absolute atomic E-state index is 9.63. The summed E-state index contributed by atoms with van der Waals surface area (Å²) in [6, 6.07) is 8.04. The van der Waals surface area contributed by atoms with Crippen LogP contribution in [-0.2, 0) is 4.74 Å². The molecule has 5 nitrogen and oxygen atoms in total. The zero-order chi connectivity index (χ0) is 17.9. The molecule has 0 N–H and O–H groups in total. The van der Waals surface area contributed by atoms with Crippen LogP contribution in [-0.4, -0.2) is 55.8 Å². The van der Waals surface area contributed by atoms with E-state index < -0.39 is 0 Å². The Labute approximate surface area is 159 Å². The lowest BCUT2D eigenvalue weighted by Gasteiger charge is -2.38. The molecule has 1 unspecified atom stereocenters. The minimum atomic E-state index is 0.607. The van der Waals surface area contributed by atoms with Crippen molar-refractivity contribution < 1.29 is 4.74 Å². The summed E-state index contributed by atoms with van der Waals surface area (Å²) >= 11 is 6.23. The Morgan fingerprint density at radius 2 is 2.12 bits per heavy atom. The lowest BCUT2D eigenvalue weighted by atomic mass is 9.95. The monoisotopic (exact) mass is 370 g/mol. The van der Waals surface area contributed by atoms with Gasteiger partial charge in [0.25, 0.3) is 0 Å². The van der Waals surface area contributed by atoms with Crippen LogP contribution < -0.4 is 4.90 Å². The molecule has 0 aliphatic carbocycles. The Morgan fingerprint density at radius 1 is 1.27 bits per heavy atom. The van der Waals surface area contributed by atoms with Gasteiger partial charge in [0.1, 0.15) is 6.07 Å². The van der Waals surface area contributed by atoms with E-state index in [4.69, 9.17) is 16.3 Å². The number of ether oxygens (including phenoxy) is 1. The van der Waals surface area contributed by atoms with Gasteiger partial charge in [-0.3, -0.25) is 9.88 Å². The van der Waals surface area contributed by atoms with Gasteiger partial charge >= 0.3 is 0 Å². The van der Waals surface area contributed by atoms with Crippen molar-refractivity contribution in [2.45, 2.75) is 12.8 Å². The normalized spacial score (nSPS) is 21.7. The van der Waals surface area contributed by atoms with Gasteiger partial charge in [-0.1, -0.05) is 11.6 Å². The minimum Gasteiger partial charge on any atom is -0.379 e. The van der Waals surface area contributed by atoms with Gasteiger partial charge in [-0.15, -0.1) is 0 Å². The number of nitrogens with zero attached hydrogens (tertiary/aromatic N) is 4. The second kappa shape index (κ2) is 7.79. The Hall–Kier alpha value is -1.87. The van der Waals surface area contributed by atoms with E-state index in [1.54, 1.807) is 6.20 Å². The summed E-state index contributed by atoms with van der Waals surface area (Å²) in [6.07, 6.45) is 4.07. The molecule has 136 valence electrons. The van der Waals surface area contributed by atoms with Gasteiger partial charge in [0.05, 0.1) is 30.0 Å². The SMILES string of the molecule is N#Cc1cnc2ccc(Cl)cc2c1N1CCCC(CN2CCOCC2)C1. The maximum atomic E-state index is 9.63. The number of hydrogen-bond acceptors (Lipinski definition) is 5. The molecule has 2 aliphatic heterocycles. The van der Waals surface area contributed by atoms with Crippen molar-refractivity contribution in [1.29, 1.82) is 5.26 Å². The van der Waals surface area contributed by atoms with Crippen molar-refractivity contribution in [2.24, 2.45) is 5.92 Å². The average Bonchev–Trinajstić information content (AvgIpc) is 2.68. The fraction of sp³-hybridized carbons (Fsp3) is 0.500. The van der Waals surface area contributed by atoms with E-state index in [0.29, 0.717) is 16.5 Å². The number of hydrogen-bond donors (Lipinski definition) is 0. The van der Waals surface area contributed by atoms with Gasteiger partial charge in [0.2, 0.25) is 0 Å². The third-order valence-electron chi connectivity index (χ3n) is 5.38. The molecule has 26 heavy (non-hydrogen) atoms. The molecule has 2 aromatic rings. The first kappa shape index (κ1) is 17.5. The molecule has 1 atom stereocenters. The first-order valence-corrected chi connectivity index (χ1v) is 9.66. The smallest absolute Gasteiger partial charge is 0.103 e. The average molecular weight is 371 g/mol. The lowest BCUT2D eigenvalue weighted by Crippen LogP contribution is -2.44. The molecular formula is C20H23ClN4O. The first-order chi connectivity index (χ1) is 12.7. The van der Waals surface area contributed by atoms with E-state index in [2.05, 4.69) is 20.9 Å². The molecule has 6 heteroatoms. The molecule has 1 aromatic heterocycles. The van der Waals surface area contributed by atoms with Crippen LogP contribution in [0, 0.1) is 17.2 Å². The summed E-state index contributed by atoms with van der Waals surface area (Å²) in [5, 5.41) is 11.3. The number of rotatable bonds is 3. The van der Waals surface area contributed by atoms with Gasteiger partial charge in [0.15, 0.2) is 0 Å². The van der Waals surface area contributed by atoms with Crippen LogP contribution >= 0.6 is 11.6 Å². The molecule has 2 aliphatic rings. The number of piperidine rings is 1. The largest absolute Gasteiger partial charge is 0.379 e. The summed E-state index contributed by atoms with van der Waals surface area (Å²) in [6.45, 7) is 6.76. The van der Waals surface area contributed by atoms with Gasteiger partial charge in [-0.2, -0.15) is 5.26 Å². The Morgan fingerprint density at radius 3 is 2.92 bits per heavy atom. The van der Waals surface area contributed by atoms with Crippen LogP contribution in [0.1, 0.15) is 18.4 Å². The second-order valence-corrected chi connectivity index (χ2v) is 7.60. The predicted octanol–water partition coefficient (Wildman–Crippen LogP) is 3.31. The Balaban J connectivity index is 1.61. The number of halogens is 1. The molecule has 0 saturated carbocycles. The highest BCUT2D eigenvalue weighted by Crippen LogP contribution is 2.34. The number of fused-ring (bicyclic) bond motifs is 1. The highest BCUT2D eigenvalue weighted by Gasteiger charge is 2.26. The summed E-state index contributed by atoms with van der Waals surface area (Å²) < 4.78 is 5.46. The Bertz CT molecular complexity index is 828. The highest BCUT2D eigenvalue weighted by molar-refractivity contribution is 6.31. The summed E-state index contributed by atoms with van der Waals surface area (Å²) in [4.78, 5) is 9.30. The van der Waals surface area contributed by atoms with Crippen LogP contribution in [0.5, 0.6) is 0 Å². The zero-order valence-corrected chi connectivity index (χ0v) is 15.6. The summed E-state index contributed by atoms with van der Waals surface area (Å²) in [7, 11) is 0. The van der Waals surface area contributed by atoms with Crippen LogP contribution in [0.3, 0.4) is 0 Å². The van der Waals surface area contributed by atoms with E-state index in [1.165, 1.54) is 6.42 Å². The fourth-order valence-electron chi connectivity index (χ4n) is 4.14. The first-order valence-electron chi connectivity index (χ1n) is 9.28. The number of benzene rings is 1. The van der Waals surface area contributed by atoms with E-state index >= 15 is 0 Å². The summed E-state index contributed by atoms with van der Waals surface area (Å²) in [5.74, 6) is 0.607. The van der Waals surface area contributed by atoms with Crippen molar-refractivity contribution >= 4 is 28.2 Å². The maximum Gasteiger partial charge on any atom is 0.103 e. The van der Waals surface area contributed by atoms with Gasteiger partial charge in [-0.05, 0) is 37.0 Å². The molecule has 0 amide bonds. The number of morpholine rings is 1. The van der Waals surface area contributed by atoms with Crippen molar-refractivity contribution in [3.63, 3.8) is 0 Å². The predicted molar refractivity (Wildman–Crippen MR) is 104 cm³/mol. The number of nitriles is 1. The number of aromatic nitrogens is 1. The second-order valence-electron chi connectivity index (χ2n) is 7.16. The van der Waals surface area contributed by atoms with Crippen LogP contribution in [0.4, 0.5) is 5.69 Å². The third kappa shape index (κ3) is 3.64. The quantitative estimate of drug-likeness (QED) is 0.829. The molecule has 4 rings (SSSR count). The summed E-state index contributed by atoms with van der Waals surface area (Å²) in [5.41, 5.74) is 2.51. The minimum absolute atomic E-state index is 0.607. The van der Waals surface area contributed by atoms with Crippen molar-refractivity contribution in [2.75, 3.05) is 50.8 Å². The van der Waals surface area contributed by atoms with Crippen LogP contribution in [0.25, 0.3) is 10.9 Å². The van der Waals surface area contributed by atoms with E-state index in [9.17, 15) is 5.26 Å². The van der Waals surface area contributed by atoms with E-state index in [-0.39, 0.29) is 0 Å². The topological polar surface area (TPSA) is 52.4 Å². The molecule has 0 bridgehead atoms. The van der Waals surface area contributed by atoms with E-state index in [1.807, 2.05) is 18.2 Å². The standard InChI is InChI=1S/C20H23ClN4O/c21-17-3-4-19-18(10-17)20(16(11-22)12-23-19)25-5-1-2-15(14-25)13-24-6-8-26-9-7-24/h3-4,10,12,15H,1-2,5-9,13-14H2. The van der Waals surface area contributed by atoms with Crippen molar-refractivity contribution in [3.8, 4) is 6.07 Å². The molecule has 2 fully saturated rings. The van der Waals surface area contributed by atoms with Crippen molar-refractivity contribution in [3.05, 3.63) is 35.0 Å². The highest BCUT2D eigenvalue weighted by atomic mass is 35.5. The molecule has 1 aromatic carbocycles. The molecule has 2 saturated heterocycles.